The van der Waals surface area contributed by atoms with Crippen molar-refractivity contribution < 1.29 is 19.4 Å². The molecule has 2 aliphatic rings. The van der Waals surface area contributed by atoms with Crippen LogP contribution in [0, 0.1) is 18.8 Å². The molecule has 0 bridgehead atoms. The molecular formula is C25H32N4O4S. The Bertz CT molecular complexity index is 1070. The van der Waals surface area contributed by atoms with Gasteiger partial charge in [0.25, 0.3) is 0 Å². The van der Waals surface area contributed by atoms with E-state index in [0.29, 0.717) is 6.54 Å². The normalized spacial score (nSPS) is 22.8. The van der Waals surface area contributed by atoms with E-state index in [1.54, 1.807) is 17.5 Å². The van der Waals surface area contributed by atoms with E-state index in [9.17, 15) is 14.7 Å². The highest BCUT2D eigenvalue weighted by molar-refractivity contribution is 7.13. The maximum absolute atomic E-state index is 13.5. The molecule has 34 heavy (non-hydrogen) atoms. The van der Waals surface area contributed by atoms with Gasteiger partial charge in [0, 0.05) is 25.7 Å². The number of ether oxygens (including phenoxy) is 1. The van der Waals surface area contributed by atoms with E-state index in [0.717, 1.165) is 27.5 Å². The standard InChI is InChI=1S/C25H32N4O4S/c1-14(2)21(24-27-10-15(3)33-24)25(32)29-12-19(30)9-20(29)23(31)26-11-17-5-7-18(8-6-17)22-16(4)28-13-34-22/h5-8,10,13-14,19-21,24,27,30H,9,11-12H2,1-4H3,(H,26,31)/t19-,20+,21-,24?/m1/s1. The summed E-state index contributed by atoms with van der Waals surface area (Å²) >= 11 is 1.60. The number of aromatic nitrogens is 1. The number of hydrogen-bond donors (Lipinski definition) is 3. The molecule has 182 valence electrons. The van der Waals surface area contributed by atoms with Crippen LogP contribution in [0.15, 0.2) is 41.7 Å². The first-order valence-corrected chi connectivity index (χ1v) is 12.5. The number of allylic oxidation sites excluding steroid dienone is 1. The molecule has 1 aromatic carbocycles. The van der Waals surface area contributed by atoms with Crippen molar-refractivity contribution in [2.75, 3.05) is 6.54 Å². The van der Waals surface area contributed by atoms with Gasteiger partial charge in [-0.1, -0.05) is 38.1 Å². The van der Waals surface area contributed by atoms with Crippen LogP contribution in [0.1, 0.15) is 38.4 Å². The monoisotopic (exact) mass is 484 g/mol. The Labute approximate surface area is 204 Å². The fraction of sp³-hybridized carbons (Fsp3) is 0.480. The lowest BCUT2D eigenvalue weighted by atomic mass is 9.92. The number of benzene rings is 1. The van der Waals surface area contributed by atoms with Crippen molar-refractivity contribution in [2.24, 2.45) is 11.8 Å². The molecule has 2 amide bonds. The van der Waals surface area contributed by atoms with Crippen molar-refractivity contribution in [3.8, 4) is 10.4 Å². The molecule has 1 fully saturated rings. The van der Waals surface area contributed by atoms with Crippen molar-refractivity contribution in [1.29, 1.82) is 0 Å². The van der Waals surface area contributed by atoms with Crippen LogP contribution in [-0.4, -0.2) is 51.7 Å². The SMILES string of the molecule is CC1=CNC([C@H](C(=O)N2C[C@H](O)C[C@H]2C(=O)NCc2ccc(-c3scnc3C)cc2)C(C)C)O1. The first-order valence-electron chi connectivity index (χ1n) is 11.6. The summed E-state index contributed by atoms with van der Waals surface area (Å²) in [6, 6.07) is 7.30. The average Bonchev–Trinajstić information content (AvgIpc) is 3.52. The molecule has 0 saturated carbocycles. The second kappa shape index (κ2) is 10.1. The van der Waals surface area contributed by atoms with Gasteiger partial charge >= 0.3 is 0 Å². The van der Waals surface area contributed by atoms with Crippen molar-refractivity contribution in [2.45, 2.75) is 59.0 Å². The van der Waals surface area contributed by atoms with Crippen LogP contribution in [0.3, 0.4) is 0 Å². The van der Waals surface area contributed by atoms with Crippen molar-refractivity contribution >= 4 is 23.2 Å². The lowest BCUT2D eigenvalue weighted by Crippen LogP contribution is -2.52. The van der Waals surface area contributed by atoms with Crippen LogP contribution in [-0.2, 0) is 20.9 Å². The number of amides is 2. The van der Waals surface area contributed by atoms with E-state index >= 15 is 0 Å². The van der Waals surface area contributed by atoms with Gasteiger partial charge in [-0.25, -0.2) is 4.98 Å². The highest BCUT2D eigenvalue weighted by Gasteiger charge is 2.45. The Morgan fingerprint density at radius 1 is 1.29 bits per heavy atom. The van der Waals surface area contributed by atoms with Gasteiger partial charge in [-0.2, -0.15) is 0 Å². The van der Waals surface area contributed by atoms with E-state index in [2.05, 4.69) is 15.6 Å². The molecule has 3 N–H and O–H groups in total. The smallest absolute Gasteiger partial charge is 0.243 e. The molecule has 3 heterocycles. The number of nitrogens with one attached hydrogen (secondary N) is 2. The molecule has 4 rings (SSSR count). The van der Waals surface area contributed by atoms with Gasteiger partial charge in [0.1, 0.15) is 11.8 Å². The molecule has 1 aromatic heterocycles. The summed E-state index contributed by atoms with van der Waals surface area (Å²) in [5.41, 5.74) is 4.89. The number of aliphatic hydroxyl groups excluding tert-OH is 1. The number of nitrogens with zero attached hydrogens (tertiary/aromatic N) is 2. The molecule has 0 radical (unpaired) electrons. The van der Waals surface area contributed by atoms with E-state index < -0.39 is 24.3 Å². The zero-order valence-corrected chi connectivity index (χ0v) is 20.8. The number of aryl methyl sites for hydroxylation is 1. The quantitative estimate of drug-likeness (QED) is 0.558. The summed E-state index contributed by atoms with van der Waals surface area (Å²) in [4.78, 5) is 33.5. The van der Waals surface area contributed by atoms with Gasteiger partial charge in [-0.3, -0.25) is 9.59 Å². The van der Waals surface area contributed by atoms with Crippen LogP contribution < -0.4 is 10.6 Å². The Balaban J connectivity index is 1.40. The topological polar surface area (TPSA) is 104 Å². The molecule has 2 aromatic rings. The Morgan fingerprint density at radius 3 is 2.62 bits per heavy atom. The van der Waals surface area contributed by atoms with Crippen LogP contribution in [0.5, 0.6) is 0 Å². The highest BCUT2D eigenvalue weighted by Crippen LogP contribution is 2.29. The molecule has 1 saturated heterocycles. The predicted molar refractivity (Wildman–Crippen MR) is 130 cm³/mol. The molecule has 1 unspecified atom stereocenters. The lowest BCUT2D eigenvalue weighted by molar-refractivity contribution is -0.147. The van der Waals surface area contributed by atoms with E-state index in [1.807, 2.05) is 57.5 Å². The Hall–Kier alpha value is -2.91. The Morgan fingerprint density at radius 2 is 2.03 bits per heavy atom. The minimum absolute atomic E-state index is 0.00792. The number of hydrogen-bond acceptors (Lipinski definition) is 7. The third-order valence-corrected chi connectivity index (χ3v) is 7.36. The number of carbonyl (C=O) groups excluding carboxylic acids is 2. The molecule has 0 spiro atoms. The second-order valence-electron chi connectivity index (χ2n) is 9.31. The zero-order valence-electron chi connectivity index (χ0n) is 19.9. The maximum atomic E-state index is 13.5. The minimum Gasteiger partial charge on any atom is -0.473 e. The number of aliphatic hydroxyl groups is 1. The van der Waals surface area contributed by atoms with Gasteiger partial charge in [-0.05, 0) is 30.9 Å². The van der Waals surface area contributed by atoms with Gasteiger partial charge in [0.2, 0.25) is 11.8 Å². The first-order chi connectivity index (χ1) is 16.2. The third kappa shape index (κ3) is 5.10. The molecule has 8 nitrogen and oxygen atoms in total. The first kappa shape index (κ1) is 24.2. The van der Waals surface area contributed by atoms with Gasteiger partial charge < -0.3 is 25.4 Å². The van der Waals surface area contributed by atoms with Crippen LogP contribution in [0.4, 0.5) is 0 Å². The van der Waals surface area contributed by atoms with Crippen molar-refractivity contribution in [1.82, 2.24) is 20.5 Å². The molecule has 0 aliphatic carbocycles. The molecule has 9 heteroatoms. The zero-order chi connectivity index (χ0) is 24.4. The molecular weight excluding hydrogens is 452 g/mol. The average molecular weight is 485 g/mol. The number of thiazole rings is 1. The fourth-order valence-corrected chi connectivity index (χ4v) is 5.38. The maximum Gasteiger partial charge on any atom is 0.243 e. The molecule has 2 aliphatic heterocycles. The third-order valence-electron chi connectivity index (χ3n) is 6.39. The summed E-state index contributed by atoms with van der Waals surface area (Å²) in [6.07, 6.45) is 0.765. The number of likely N-dealkylation sites (tertiary alicyclic amines) is 1. The van der Waals surface area contributed by atoms with E-state index in [1.165, 1.54) is 4.90 Å². The van der Waals surface area contributed by atoms with Gasteiger partial charge in [0.15, 0.2) is 6.23 Å². The lowest BCUT2D eigenvalue weighted by Gasteiger charge is -2.32. The summed E-state index contributed by atoms with van der Waals surface area (Å²) < 4.78 is 5.77. The minimum atomic E-state index is -0.730. The van der Waals surface area contributed by atoms with E-state index in [4.69, 9.17) is 4.74 Å². The summed E-state index contributed by atoms with van der Waals surface area (Å²) in [5.74, 6) is -0.208. The molecule has 4 atom stereocenters. The summed E-state index contributed by atoms with van der Waals surface area (Å²) in [6.45, 7) is 8.22. The summed E-state index contributed by atoms with van der Waals surface area (Å²) in [5, 5.41) is 16.3. The predicted octanol–water partition coefficient (Wildman–Crippen LogP) is 2.78. The highest BCUT2D eigenvalue weighted by atomic mass is 32.1. The number of β-amino-alcohol motifs (C(OH)–C–C–N with tert-alkyl or cyclic N) is 1. The van der Waals surface area contributed by atoms with Gasteiger partial charge in [0.05, 0.1) is 28.1 Å². The Kier molecular flexibility index (Phi) is 7.23. The van der Waals surface area contributed by atoms with Crippen LogP contribution in [0.25, 0.3) is 10.4 Å². The summed E-state index contributed by atoms with van der Waals surface area (Å²) in [7, 11) is 0. The van der Waals surface area contributed by atoms with Gasteiger partial charge in [-0.15, -0.1) is 11.3 Å². The van der Waals surface area contributed by atoms with Crippen molar-refractivity contribution in [3.05, 3.63) is 53.0 Å². The second-order valence-corrected chi connectivity index (χ2v) is 10.2. The van der Waals surface area contributed by atoms with Crippen LogP contribution >= 0.6 is 11.3 Å². The number of rotatable bonds is 7. The van der Waals surface area contributed by atoms with E-state index in [-0.39, 0.29) is 30.7 Å². The number of carbonyl (C=O) groups is 2. The van der Waals surface area contributed by atoms with Crippen molar-refractivity contribution in [3.63, 3.8) is 0 Å². The van der Waals surface area contributed by atoms with Crippen LogP contribution in [0.2, 0.25) is 0 Å². The largest absolute Gasteiger partial charge is 0.473 e. The fourth-order valence-electron chi connectivity index (χ4n) is 4.57.